The summed E-state index contributed by atoms with van der Waals surface area (Å²) in [7, 11) is 0. The summed E-state index contributed by atoms with van der Waals surface area (Å²) in [4.78, 5) is 29.4. The molecule has 136 valence electrons. The molecule has 2 aliphatic heterocycles. The molecule has 26 heavy (non-hydrogen) atoms. The Kier molecular flexibility index (Phi) is 4.76. The van der Waals surface area contributed by atoms with Gasteiger partial charge in [-0.1, -0.05) is 24.3 Å². The van der Waals surface area contributed by atoms with Crippen molar-refractivity contribution in [3.8, 4) is 0 Å². The highest BCUT2D eigenvalue weighted by Gasteiger charge is 2.44. The number of amides is 2. The predicted octanol–water partition coefficient (Wildman–Crippen LogP) is 2.02. The second-order valence-corrected chi connectivity index (χ2v) is 7.49. The summed E-state index contributed by atoms with van der Waals surface area (Å²) in [6.45, 7) is 2.09. The van der Waals surface area contributed by atoms with Gasteiger partial charge in [0.1, 0.15) is 12.2 Å². The topological polar surface area (TPSA) is 59.1 Å². The second-order valence-electron chi connectivity index (χ2n) is 6.54. The van der Waals surface area contributed by atoms with Crippen molar-refractivity contribution in [3.63, 3.8) is 0 Å². The number of nitrogens with zero attached hydrogens (tertiary/aromatic N) is 2. The maximum absolute atomic E-state index is 12.8. The fourth-order valence-corrected chi connectivity index (χ4v) is 4.07. The summed E-state index contributed by atoms with van der Waals surface area (Å²) < 4.78 is 11.7. The smallest absolute Gasteiger partial charge is 0.264 e. The van der Waals surface area contributed by atoms with Crippen molar-refractivity contribution in [3.05, 3.63) is 52.7 Å². The van der Waals surface area contributed by atoms with Gasteiger partial charge in [-0.2, -0.15) is 0 Å². The molecule has 0 N–H and O–H groups in total. The number of hydrogen-bond acceptors (Lipinski definition) is 5. The first-order valence-electron chi connectivity index (χ1n) is 8.57. The zero-order valence-corrected chi connectivity index (χ0v) is 15.1. The molecule has 3 heterocycles. The minimum atomic E-state index is -0.715. The van der Waals surface area contributed by atoms with Crippen LogP contribution in [0.15, 0.2) is 47.8 Å². The van der Waals surface area contributed by atoms with Crippen LogP contribution in [0, 0.1) is 0 Å². The zero-order valence-electron chi connectivity index (χ0n) is 14.3. The molecule has 2 amide bonds. The lowest BCUT2D eigenvalue weighted by Crippen LogP contribution is -2.61. The maximum Gasteiger partial charge on any atom is 0.264 e. The van der Waals surface area contributed by atoms with E-state index in [1.165, 1.54) is 11.3 Å². The van der Waals surface area contributed by atoms with Crippen LogP contribution in [0.4, 0.5) is 5.69 Å². The number of para-hydroxylation sites is 1. The SMILES string of the molecule is O=C(c1cccs1)N1CCOC[C@@]2(C1)CN(c1ccccc1)C(=O)CO2. The Hall–Kier alpha value is -2.22. The predicted molar refractivity (Wildman–Crippen MR) is 98.5 cm³/mol. The van der Waals surface area contributed by atoms with Crippen molar-refractivity contribution < 1.29 is 19.1 Å². The van der Waals surface area contributed by atoms with Crippen LogP contribution in [0.5, 0.6) is 0 Å². The molecular weight excluding hydrogens is 352 g/mol. The molecule has 0 bridgehead atoms. The van der Waals surface area contributed by atoms with Gasteiger partial charge >= 0.3 is 0 Å². The van der Waals surface area contributed by atoms with Crippen LogP contribution in [0.25, 0.3) is 0 Å². The molecule has 0 unspecified atom stereocenters. The van der Waals surface area contributed by atoms with Crippen LogP contribution in [0.1, 0.15) is 9.67 Å². The van der Waals surface area contributed by atoms with Gasteiger partial charge in [-0.15, -0.1) is 11.3 Å². The highest BCUT2D eigenvalue weighted by molar-refractivity contribution is 7.12. The van der Waals surface area contributed by atoms with Crippen LogP contribution in [0.3, 0.4) is 0 Å². The van der Waals surface area contributed by atoms with Gasteiger partial charge in [-0.25, -0.2) is 0 Å². The number of hydrogen-bond donors (Lipinski definition) is 0. The van der Waals surface area contributed by atoms with Crippen LogP contribution >= 0.6 is 11.3 Å². The van der Waals surface area contributed by atoms with E-state index in [4.69, 9.17) is 9.47 Å². The van der Waals surface area contributed by atoms with E-state index in [9.17, 15) is 9.59 Å². The van der Waals surface area contributed by atoms with Gasteiger partial charge in [-0.3, -0.25) is 9.59 Å². The summed E-state index contributed by atoms with van der Waals surface area (Å²) in [5.41, 5.74) is 0.119. The number of carbonyl (C=O) groups is 2. The lowest BCUT2D eigenvalue weighted by Gasteiger charge is -2.42. The highest BCUT2D eigenvalue weighted by Crippen LogP contribution is 2.28. The van der Waals surface area contributed by atoms with Crippen LogP contribution in [-0.2, 0) is 14.3 Å². The van der Waals surface area contributed by atoms with E-state index in [-0.39, 0.29) is 18.4 Å². The normalized spacial score (nSPS) is 23.9. The van der Waals surface area contributed by atoms with Crippen LogP contribution in [-0.4, -0.2) is 61.8 Å². The van der Waals surface area contributed by atoms with Crippen molar-refractivity contribution in [2.24, 2.45) is 0 Å². The molecule has 0 saturated carbocycles. The highest BCUT2D eigenvalue weighted by atomic mass is 32.1. The molecule has 2 saturated heterocycles. The Labute approximate surface area is 155 Å². The van der Waals surface area contributed by atoms with Crippen molar-refractivity contribution in [1.29, 1.82) is 0 Å². The fourth-order valence-electron chi connectivity index (χ4n) is 3.38. The monoisotopic (exact) mass is 372 g/mol. The number of anilines is 1. The average Bonchev–Trinajstić information content (AvgIpc) is 3.13. The Morgan fingerprint density at radius 3 is 2.73 bits per heavy atom. The minimum Gasteiger partial charge on any atom is -0.376 e. The standard InChI is InChI=1S/C19H20N2O4S/c22-17-11-25-19(13-21(17)15-5-2-1-3-6-15)12-20(8-9-24-14-19)18(23)16-7-4-10-26-16/h1-7,10H,8-9,11-14H2/t19-/m1/s1. The van der Waals surface area contributed by atoms with E-state index in [2.05, 4.69) is 0 Å². The first-order valence-corrected chi connectivity index (χ1v) is 9.45. The van der Waals surface area contributed by atoms with E-state index in [0.29, 0.717) is 37.7 Å². The van der Waals surface area contributed by atoms with E-state index in [0.717, 1.165) is 5.69 Å². The van der Waals surface area contributed by atoms with Gasteiger partial charge in [0.05, 0.1) is 31.2 Å². The van der Waals surface area contributed by atoms with Crippen molar-refractivity contribution >= 4 is 28.8 Å². The van der Waals surface area contributed by atoms with Crippen molar-refractivity contribution in [2.45, 2.75) is 5.60 Å². The molecule has 6 nitrogen and oxygen atoms in total. The van der Waals surface area contributed by atoms with E-state index in [1.54, 1.807) is 9.80 Å². The van der Waals surface area contributed by atoms with Gasteiger partial charge in [-0.05, 0) is 23.6 Å². The zero-order chi connectivity index (χ0) is 18.0. The maximum atomic E-state index is 12.8. The molecule has 0 aliphatic carbocycles. The molecule has 2 fully saturated rings. The lowest BCUT2D eigenvalue weighted by atomic mass is 10.0. The molecule has 2 aromatic rings. The summed E-state index contributed by atoms with van der Waals surface area (Å²) >= 11 is 1.43. The molecule has 1 spiro atoms. The molecule has 1 aromatic heterocycles. The quantitative estimate of drug-likeness (QED) is 0.809. The van der Waals surface area contributed by atoms with Gasteiger partial charge in [0, 0.05) is 12.2 Å². The molecule has 7 heteroatoms. The Morgan fingerprint density at radius 1 is 1.12 bits per heavy atom. The summed E-state index contributed by atoms with van der Waals surface area (Å²) in [5, 5.41) is 1.89. The van der Waals surface area contributed by atoms with Crippen molar-refractivity contribution in [2.75, 3.05) is 44.4 Å². The molecule has 1 aromatic carbocycles. The third-order valence-electron chi connectivity index (χ3n) is 4.69. The first-order chi connectivity index (χ1) is 12.7. The third-order valence-corrected chi connectivity index (χ3v) is 5.54. The van der Waals surface area contributed by atoms with E-state index >= 15 is 0 Å². The molecular formula is C19H20N2O4S. The van der Waals surface area contributed by atoms with Gasteiger partial charge in [0.2, 0.25) is 0 Å². The average molecular weight is 372 g/mol. The van der Waals surface area contributed by atoms with Crippen LogP contribution in [0.2, 0.25) is 0 Å². The Balaban J connectivity index is 1.57. The fraction of sp³-hybridized carbons (Fsp3) is 0.368. The molecule has 0 radical (unpaired) electrons. The lowest BCUT2D eigenvalue weighted by molar-refractivity contribution is -0.145. The molecule has 4 rings (SSSR count). The van der Waals surface area contributed by atoms with Gasteiger partial charge in [0.15, 0.2) is 0 Å². The Morgan fingerprint density at radius 2 is 1.96 bits per heavy atom. The third kappa shape index (κ3) is 3.38. The van der Waals surface area contributed by atoms with E-state index in [1.807, 2.05) is 47.8 Å². The number of ether oxygens (including phenoxy) is 2. The largest absolute Gasteiger partial charge is 0.376 e. The number of morpholine rings is 1. The number of carbonyl (C=O) groups excluding carboxylic acids is 2. The minimum absolute atomic E-state index is 0.0146. The number of rotatable bonds is 2. The van der Waals surface area contributed by atoms with Gasteiger partial charge in [0.25, 0.3) is 11.8 Å². The summed E-state index contributed by atoms with van der Waals surface area (Å²) in [6, 6.07) is 13.2. The van der Waals surface area contributed by atoms with Crippen LogP contribution < -0.4 is 4.90 Å². The summed E-state index contributed by atoms with van der Waals surface area (Å²) in [6.07, 6.45) is 0. The summed E-state index contributed by atoms with van der Waals surface area (Å²) in [5.74, 6) is -0.0983. The van der Waals surface area contributed by atoms with Gasteiger partial charge < -0.3 is 19.3 Å². The van der Waals surface area contributed by atoms with Crippen molar-refractivity contribution in [1.82, 2.24) is 4.90 Å². The number of thiophene rings is 1. The van der Waals surface area contributed by atoms with E-state index < -0.39 is 5.60 Å². The first kappa shape index (κ1) is 17.2. The second kappa shape index (κ2) is 7.19. The number of benzene rings is 1. The molecule has 2 aliphatic rings. The molecule has 1 atom stereocenters. The Bertz CT molecular complexity index is 780.